The predicted octanol–water partition coefficient (Wildman–Crippen LogP) is 3.28. The molecule has 60 valence electrons. The maximum atomic E-state index is 6.91. The Balaban J connectivity index is 3.06. The van der Waals surface area contributed by atoms with Gasteiger partial charge in [0.15, 0.2) is 5.70 Å². The van der Waals surface area contributed by atoms with E-state index in [4.69, 9.17) is 6.57 Å². The summed E-state index contributed by atoms with van der Waals surface area (Å²) in [6, 6.07) is 7.99. The van der Waals surface area contributed by atoms with Crippen molar-refractivity contribution in [2.24, 2.45) is 0 Å². The van der Waals surface area contributed by atoms with Crippen LogP contribution in [-0.2, 0) is 0 Å². The lowest BCUT2D eigenvalue weighted by Gasteiger charge is -1.97. The highest BCUT2D eigenvalue weighted by atomic mass is 14.7. The lowest BCUT2D eigenvalue weighted by Crippen LogP contribution is -1.78. The molecule has 0 spiro atoms. The summed E-state index contributed by atoms with van der Waals surface area (Å²) < 4.78 is 0. The summed E-state index contributed by atoms with van der Waals surface area (Å²) in [6.45, 7) is 10.8. The van der Waals surface area contributed by atoms with Gasteiger partial charge in [0.2, 0.25) is 0 Å². The highest BCUT2D eigenvalue weighted by Crippen LogP contribution is 2.15. The van der Waals surface area contributed by atoms with Crippen LogP contribution < -0.4 is 0 Å². The van der Waals surface area contributed by atoms with E-state index >= 15 is 0 Å². The number of rotatable bonds is 1. The Morgan fingerprint density at radius 3 is 2.33 bits per heavy atom. The zero-order valence-electron chi connectivity index (χ0n) is 7.33. The average molecular weight is 157 g/mol. The van der Waals surface area contributed by atoms with Gasteiger partial charge in [0.05, 0.1) is 6.57 Å². The molecule has 1 aromatic carbocycles. The molecule has 1 heteroatoms. The second kappa shape index (κ2) is 3.73. The molecule has 1 rings (SSSR count). The first kappa shape index (κ1) is 8.55. The summed E-state index contributed by atoms with van der Waals surface area (Å²) in [4.78, 5) is 3.42. The van der Waals surface area contributed by atoms with Crippen LogP contribution >= 0.6 is 0 Å². The fraction of sp³-hybridized carbons (Fsp3) is 0.182. The minimum atomic E-state index is 0.718. The normalized spacial score (nSPS) is 10.9. The van der Waals surface area contributed by atoms with E-state index in [1.54, 1.807) is 0 Å². The van der Waals surface area contributed by atoms with Gasteiger partial charge in [0.25, 0.3) is 0 Å². The Labute approximate surface area is 73.2 Å². The van der Waals surface area contributed by atoms with Crippen LogP contribution in [0.3, 0.4) is 0 Å². The molecule has 1 aromatic rings. The minimum absolute atomic E-state index is 0.718. The standard InChI is InChI=1S/C11H11N/c1-4-11(12-3)10-7-5-9(2)6-8-10/h4-8H,1-2H3/b11-4-. The van der Waals surface area contributed by atoms with E-state index in [2.05, 4.69) is 4.85 Å². The highest BCUT2D eigenvalue weighted by Gasteiger charge is 1.97. The van der Waals surface area contributed by atoms with Crippen molar-refractivity contribution >= 4 is 5.70 Å². The molecule has 0 unspecified atom stereocenters. The van der Waals surface area contributed by atoms with E-state index in [1.165, 1.54) is 5.56 Å². The first-order valence-electron chi connectivity index (χ1n) is 3.88. The molecule has 0 fully saturated rings. The molecular weight excluding hydrogens is 146 g/mol. The summed E-state index contributed by atoms with van der Waals surface area (Å²) in [6.07, 6.45) is 1.83. The molecule has 0 atom stereocenters. The molecule has 0 radical (unpaired) electrons. The Kier molecular flexibility index (Phi) is 2.66. The van der Waals surface area contributed by atoms with Crippen molar-refractivity contribution < 1.29 is 0 Å². The molecule has 0 bridgehead atoms. The molecule has 0 heterocycles. The first-order chi connectivity index (χ1) is 5.77. The molecule has 0 aliphatic heterocycles. The van der Waals surface area contributed by atoms with E-state index in [9.17, 15) is 0 Å². The fourth-order valence-corrected chi connectivity index (χ4v) is 1.02. The van der Waals surface area contributed by atoms with Crippen LogP contribution in [0.4, 0.5) is 0 Å². The van der Waals surface area contributed by atoms with E-state index in [-0.39, 0.29) is 0 Å². The van der Waals surface area contributed by atoms with Crippen molar-refractivity contribution in [2.45, 2.75) is 13.8 Å². The van der Waals surface area contributed by atoms with Gasteiger partial charge < -0.3 is 0 Å². The molecule has 0 saturated carbocycles. The highest BCUT2D eigenvalue weighted by molar-refractivity contribution is 5.70. The van der Waals surface area contributed by atoms with Crippen molar-refractivity contribution in [3.63, 3.8) is 0 Å². The number of nitrogens with zero attached hydrogens (tertiary/aromatic N) is 1. The number of benzene rings is 1. The average Bonchev–Trinajstić information content (AvgIpc) is 2.10. The summed E-state index contributed by atoms with van der Waals surface area (Å²) in [5, 5.41) is 0. The maximum Gasteiger partial charge on any atom is 0.190 e. The van der Waals surface area contributed by atoms with Gasteiger partial charge in [-0.25, -0.2) is 4.85 Å². The minimum Gasteiger partial charge on any atom is -0.238 e. The van der Waals surface area contributed by atoms with Crippen molar-refractivity contribution in [1.82, 2.24) is 0 Å². The number of allylic oxidation sites excluding steroid dienone is 1. The Morgan fingerprint density at radius 1 is 1.33 bits per heavy atom. The van der Waals surface area contributed by atoms with Crippen molar-refractivity contribution in [1.29, 1.82) is 0 Å². The third-order valence-electron chi connectivity index (χ3n) is 1.74. The summed E-state index contributed by atoms with van der Waals surface area (Å²) in [5.74, 6) is 0. The van der Waals surface area contributed by atoms with E-state index in [0.717, 1.165) is 11.3 Å². The molecule has 0 N–H and O–H groups in total. The van der Waals surface area contributed by atoms with E-state index in [1.807, 2.05) is 44.2 Å². The van der Waals surface area contributed by atoms with Crippen LogP contribution in [0.1, 0.15) is 18.1 Å². The zero-order chi connectivity index (χ0) is 8.97. The monoisotopic (exact) mass is 157 g/mol. The predicted molar refractivity (Wildman–Crippen MR) is 51.4 cm³/mol. The van der Waals surface area contributed by atoms with Crippen molar-refractivity contribution in [3.8, 4) is 0 Å². The van der Waals surface area contributed by atoms with Crippen LogP contribution in [0.2, 0.25) is 0 Å². The topological polar surface area (TPSA) is 4.36 Å². The summed E-state index contributed by atoms with van der Waals surface area (Å²) in [5.41, 5.74) is 2.94. The van der Waals surface area contributed by atoms with E-state index < -0.39 is 0 Å². The maximum absolute atomic E-state index is 6.91. The van der Waals surface area contributed by atoms with Crippen molar-refractivity contribution in [3.05, 3.63) is 52.9 Å². The number of hydrogen-bond acceptors (Lipinski definition) is 0. The van der Waals surface area contributed by atoms with Gasteiger partial charge in [-0.3, -0.25) is 0 Å². The second-order valence-electron chi connectivity index (χ2n) is 2.65. The van der Waals surface area contributed by atoms with Crippen LogP contribution in [0.25, 0.3) is 10.5 Å². The van der Waals surface area contributed by atoms with Gasteiger partial charge in [-0.2, -0.15) is 0 Å². The molecule has 1 nitrogen and oxygen atoms in total. The second-order valence-corrected chi connectivity index (χ2v) is 2.65. The van der Waals surface area contributed by atoms with Crippen LogP contribution in [0.15, 0.2) is 30.3 Å². The number of aryl methyl sites for hydroxylation is 1. The first-order valence-corrected chi connectivity index (χ1v) is 3.88. The van der Waals surface area contributed by atoms with Crippen LogP contribution in [0.5, 0.6) is 0 Å². The van der Waals surface area contributed by atoms with Gasteiger partial charge in [-0.05, 0) is 12.5 Å². The fourth-order valence-electron chi connectivity index (χ4n) is 1.02. The molecule has 0 amide bonds. The van der Waals surface area contributed by atoms with Crippen LogP contribution in [-0.4, -0.2) is 0 Å². The smallest absolute Gasteiger partial charge is 0.190 e. The van der Waals surface area contributed by atoms with Gasteiger partial charge in [0, 0.05) is 0 Å². The molecule has 0 aliphatic carbocycles. The lowest BCUT2D eigenvalue weighted by atomic mass is 10.1. The molecular formula is C11H11N. The molecule has 0 aromatic heterocycles. The summed E-state index contributed by atoms with van der Waals surface area (Å²) in [7, 11) is 0. The van der Waals surface area contributed by atoms with Gasteiger partial charge in [0.1, 0.15) is 0 Å². The molecule has 0 aliphatic rings. The molecule has 12 heavy (non-hydrogen) atoms. The van der Waals surface area contributed by atoms with Gasteiger partial charge in [-0.1, -0.05) is 42.8 Å². The Morgan fingerprint density at radius 2 is 1.92 bits per heavy atom. The van der Waals surface area contributed by atoms with E-state index in [0.29, 0.717) is 0 Å². The third kappa shape index (κ3) is 1.73. The Bertz CT molecular complexity index is 325. The summed E-state index contributed by atoms with van der Waals surface area (Å²) >= 11 is 0. The lowest BCUT2D eigenvalue weighted by molar-refractivity contribution is 1.45. The Hall–Kier alpha value is -1.55. The van der Waals surface area contributed by atoms with Gasteiger partial charge in [-0.15, -0.1) is 0 Å². The van der Waals surface area contributed by atoms with Crippen LogP contribution in [0, 0.1) is 13.5 Å². The zero-order valence-corrected chi connectivity index (χ0v) is 7.33. The SMILES string of the molecule is [C-]#[N+]/C(=C\C)c1ccc(C)cc1. The largest absolute Gasteiger partial charge is 0.238 e. The molecule has 0 saturated heterocycles. The van der Waals surface area contributed by atoms with Gasteiger partial charge >= 0.3 is 0 Å². The number of hydrogen-bond donors (Lipinski definition) is 0. The third-order valence-corrected chi connectivity index (χ3v) is 1.74. The van der Waals surface area contributed by atoms with Crippen molar-refractivity contribution in [2.75, 3.05) is 0 Å². The quantitative estimate of drug-likeness (QED) is 0.551.